The summed E-state index contributed by atoms with van der Waals surface area (Å²) in [4.78, 5) is 8.54. The number of nitrogens with zero attached hydrogens (tertiary/aromatic N) is 2. The summed E-state index contributed by atoms with van der Waals surface area (Å²) >= 11 is 0. The van der Waals surface area contributed by atoms with Crippen molar-refractivity contribution in [3.63, 3.8) is 0 Å². The largest absolute Gasteiger partial charge is 0.384 e. The minimum absolute atomic E-state index is 0.107. The van der Waals surface area contributed by atoms with E-state index < -0.39 is 0 Å². The van der Waals surface area contributed by atoms with Crippen LogP contribution in [0.2, 0.25) is 0 Å². The Morgan fingerprint density at radius 2 is 1.96 bits per heavy atom. The highest BCUT2D eigenvalue weighted by Gasteiger charge is 2.41. The lowest BCUT2D eigenvalue weighted by molar-refractivity contribution is -0.0835. The highest BCUT2D eigenvalue weighted by Crippen LogP contribution is 2.43. The van der Waals surface area contributed by atoms with Gasteiger partial charge < -0.3 is 15.8 Å². The van der Waals surface area contributed by atoms with Gasteiger partial charge in [0, 0.05) is 24.6 Å². The zero-order chi connectivity index (χ0) is 17.9. The Morgan fingerprint density at radius 3 is 2.64 bits per heavy atom. The fourth-order valence-corrected chi connectivity index (χ4v) is 3.98. The first-order chi connectivity index (χ1) is 11.9. The maximum Gasteiger partial charge on any atom is 0.131 e. The van der Waals surface area contributed by atoms with Gasteiger partial charge in [0.05, 0.1) is 5.60 Å². The smallest absolute Gasteiger partial charge is 0.131 e. The van der Waals surface area contributed by atoms with Crippen molar-refractivity contribution in [2.75, 3.05) is 24.2 Å². The average molecular weight is 340 g/mol. The van der Waals surface area contributed by atoms with Gasteiger partial charge in [-0.1, -0.05) is 30.3 Å². The third kappa shape index (κ3) is 4.28. The van der Waals surface area contributed by atoms with Crippen LogP contribution in [-0.2, 0) is 10.2 Å². The first kappa shape index (κ1) is 17.7. The average Bonchev–Trinajstić information content (AvgIpc) is 2.54. The number of aromatic nitrogens is 2. The minimum Gasteiger partial charge on any atom is -0.384 e. The SMILES string of the molecule is Cc1nc(N)cc(NCC[C@]2(c3ccccc3)CCOC(C)(C)C2)n1. The zero-order valence-electron chi connectivity index (χ0n) is 15.4. The van der Waals surface area contributed by atoms with Crippen LogP contribution in [0.3, 0.4) is 0 Å². The molecule has 0 unspecified atom stereocenters. The number of aryl methyl sites for hydroxylation is 1. The molecule has 1 aliphatic rings. The van der Waals surface area contributed by atoms with Gasteiger partial charge in [-0.3, -0.25) is 0 Å². The maximum absolute atomic E-state index is 5.98. The van der Waals surface area contributed by atoms with Crippen LogP contribution in [0.15, 0.2) is 36.4 Å². The van der Waals surface area contributed by atoms with Crippen molar-refractivity contribution in [2.45, 2.75) is 51.0 Å². The summed E-state index contributed by atoms with van der Waals surface area (Å²) in [6.07, 6.45) is 3.07. The fraction of sp³-hybridized carbons (Fsp3) is 0.500. The molecular formula is C20H28N4O. The summed E-state index contributed by atoms with van der Waals surface area (Å²) in [6.45, 7) is 7.85. The van der Waals surface area contributed by atoms with E-state index in [2.05, 4.69) is 59.5 Å². The molecule has 134 valence electrons. The summed E-state index contributed by atoms with van der Waals surface area (Å²) in [5.74, 6) is 1.98. The first-order valence-electron chi connectivity index (χ1n) is 8.93. The second kappa shape index (κ2) is 7.00. The lowest BCUT2D eigenvalue weighted by atomic mass is 9.67. The van der Waals surface area contributed by atoms with Crippen molar-refractivity contribution in [1.29, 1.82) is 0 Å². The molecule has 1 aliphatic heterocycles. The molecule has 2 heterocycles. The number of rotatable bonds is 5. The standard InChI is InChI=1S/C20H28N4O/c1-15-23-17(21)13-18(24-15)22-11-9-20(16-7-5-4-6-8-16)10-12-25-19(2,3)14-20/h4-8,13H,9-12,14H2,1-3H3,(H3,21,22,23,24)/t20-/m0/s1. The molecule has 3 rings (SSSR count). The Bertz CT molecular complexity index is 697. The van der Waals surface area contributed by atoms with E-state index in [1.54, 1.807) is 6.07 Å². The quantitative estimate of drug-likeness (QED) is 0.868. The molecule has 5 nitrogen and oxygen atoms in total. The van der Waals surface area contributed by atoms with E-state index in [0.29, 0.717) is 11.6 Å². The van der Waals surface area contributed by atoms with E-state index in [-0.39, 0.29) is 11.0 Å². The van der Waals surface area contributed by atoms with E-state index in [1.807, 2.05) is 6.92 Å². The van der Waals surface area contributed by atoms with Gasteiger partial charge in [0.25, 0.3) is 0 Å². The van der Waals surface area contributed by atoms with Crippen LogP contribution in [0.4, 0.5) is 11.6 Å². The van der Waals surface area contributed by atoms with Gasteiger partial charge in [-0.15, -0.1) is 0 Å². The van der Waals surface area contributed by atoms with Gasteiger partial charge in [0.1, 0.15) is 17.5 Å². The first-order valence-corrected chi connectivity index (χ1v) is 8.93. The summed E-state index contributed by atoms with van der Waals surface area (Å²) in [7, 11) is 0. The van der Waals surface area contributed by atoms with E-state index in [9.17, 15) is 0 Å². The number of anilines is 2. The molecule has 0 amide bonds. The molecule has 0 bridgehead atoms. The van der Waals surface area contributed by atoms with E-state index >= 15 is 0 Å². The molecule has 0 radical (unpaired) electrons. The van der Waals surface area contributed by atoms with Gasteiger partial charge in [-0.2, -0.15) is 0 Å². The second-order valence-electron chi connectivity index (χ2n) is 7.58. The molecule has 2 aromatic rings. The van der Waals surface area contributed by atoms with Crippen molar-refractivity contribution >= 4 is 11.6 Å². The number of hydrogen-bond donors (Lipinski definition) is 2. The normalized spacial score (nSPS) is 22.5. The predicted molar refractivity (Wildman–Crippen MR) is 102 cm³/mol. The molecule has 1 aromatic carbocycles. The predicted octanol–water partition coefficient (Wildman–Crippen LogP) is 3.70. The Labute approximate surface area is 150 Å². The van der Waals surface area contributed by atoms with Crippen LogP contribution in [0.1, 0.15) is 44.5 Å². The number of nitrogens with one attached hydrogen (secondary N) is 1. The molecule has 0 spiro atoms. The van der Waals surface area contributed by atoms with Crippen molar-refractivity contribution in [3.8, 4) is 0 Å². The highest BCUT2D eigenvalue weighted by molar-refractivity contribution is 5.44. The lowest BCUT2D eigenvalue weighted by Crippen LogP contribution is -2.44. The lowest BCUT2D eigenvalue weighted by Gasteiger charge is -2.45. The number of hydrogen-bond acceptors (Lipinski definition) is 5. The second-order valence-corrected chi connectivity index (χ2v) is 7.58. The van der Waals surface area contributed by atoms with Crippen LogP contribution in [0.5, 0.6) is 0 Å². The summed E-state index contributed by atoms with van der Waals surface area (Å²) < 4.78 is 5.98. The molecule has 1 aromatic heterocycles. The number of nitrogen functional groups attached to an aromatic ring is 1. The minimum atomic E-state index is -0.107. The van der Waals surface area contributed by atoms with Crippen LogP contribution in [0.25, 0.3) is 0 Å². The van der Waals surface area contributed by atoms with Crippen molar-refractivity contribution in [1.82, 2.24) is 9.97 Å². The van der Waals surface area contributed by atoms with Crippen LogP contribution < -0.4 is 11.1 Å². The molecule has 1 fully saturated rings. The highest BCUT2D eigenvalue weighted by atomic mass is 16.5. The summed E-state index contributed by atoms with van der Waals surface area (Å²) in [6, 6.07) is 12.6. The Kier molecular flexibility index (Phi) is 4.95. The zero-order valence-corrected chi connectivity index (χ0v) is 15.4. The third-order valence-electron chi connectivity index (χ3n) is 4.99. The maximum atomic E-state index is 5.98. The number of benzene rings is 1. The Morgan fingerprint density at radius 1 is 1.20 bits per heavy atom. The topological polar surface area (TPSA) is 73.1 Å². The molecule has 3 N–H and O–H groups in total. The molecular weight excluding hydrogens is 312 g/mol. The van der Waals surface area contributed by atoms with Crippen LogP contribution in [-0.4, -0.2) is 28.7 Å². The molecule has 25 heavy (non-hydrogen) atoms. The van der Waals surface area contributed by atoms with Gasteiger partial charge in [0.15, 0.2) is 0 Å². The van der Waals surface area contributed by atoms with Crippen LogP contribution in [0, 0.1) is 6.92 Å². The monoisotopic (exact) mass is 340 g/mol. The number of nitrogens with two attached hydrogens (primary N) is 1. The van der Waals surface area contributed by atoms with Gasteiger partial charge in [-0.25, -0.2) is 9.97 Å². The number of ether oxygens (including phenoxy) is 1. The van der Waals surface area contributed by atoms with Crippen LogP contribution >= 0.6 is 0 Å². The van der Waals surface area contributed by atoms with E-state index in [4.69, 9.17) is 10.5 Å². The molecule has 1 atom stereocenters. The van der Waals surface area contributed by atoms with E-state index in [1.165, 1.54) is 5.56 Å². The van der Waals surface area contributed by atoms with E-state index in [0.717, 1.165) is 38.2 Å². The third-order valence-corrected chi connectivity index (χ3v) is 4.99. The molecule has 5 heteroatoms. The van der Waals surface area contributed by atoms with Crippen molar-refractivity contribution < 1.29 is 4.74 Å². The fourth-order valence-electron chi connectivity index (χ4n) is 3.98. The van der Waals surface area contributed by atoms with Crippen molar-refractivity contribution in [2.24, 2.45) is 0 Å². The summed E-state index contributed by atoms with van der Waals surface area (Å²) in [5, 5.41) is 3.42. The van der Waals surface area contributed by atoms with Gasteiger partial charge in [0.2, 0.25) is 0 Å². The Balaban J connectivity index is 1.76. The van der Waals surface area contributed by atoms with Gasteiger partial charge >= 0.3 is 0 Å². The van der Waals surface area contributed by atoms with Gasteiger partial charge in [-0.05, 0) is 45.6 Å². The van der Waals surface area contributed by atoms with Crippen molar-refractivity contribution in [3.05, 3.63) is 47.8 Å². The molecule has 0 saturated carbocycles. The summed E-state index contributed by atoms with van der Waals surface area (Å²) in [5.41, 5.74) is 7.22. The molecule has 1 saturated heterocycles. The molecule has 0 aliphatic carbocycles. The Hall–Kier alpha value is -2.14.